The lowest BCUT2D eigenvalue weighted by atomic mass is 10.1. The molecule has 0 aliphatic carbocycles. The number of nitrogens with zero attached hydrogens (tertiary/aromatic N) is 2. The van der Waals surface area contributed by atoms with Crippen molar-refractivity contribution in [3.63, 3.8) is 0 Å². The Morgan fingerprint density at radius 1 is 1.39 bits per heavy atom. The molecule has 0 radical (unpaired) electrons. The molecule has 0 aromatic heterocycles. The number of hydrogen-bond acceptors (Lipinski definition) is 4. The Labute approximate surface area is 143 Å². The van der Waals surface area contributed by atoms with E-state index in [9.17, 15) is 4.79 Å². The molecule has 1 fully saturated rings. The van der Waals surface area contributed by atoms with Crippen molar-refractivity contribution in [2.45, 2.75) is 45.9 Å². The van der Waals surface area contributed by atoms with Crippen LogP contribution in [0.25, 0.3) is 0 Å². The summed E-state index contributed by atoms with van der Waals surface area (Å²) in [5, 5.41) is 0.724. The maximum absolute atomic E-state index is 12.2. The van der Waals surface area contributed by atoms with Gasteiger partial charge < -0.3 is 15.4 Å². The van der Waals surface area contributed by atoms with Crippen molar-refractivity contribution in [1.82, 2.24) is 9.80 Å². The molecule has 0 bridgehead atoms. The Hall–Kier alpha value is -1.46. The molecule has 0 unspecified atom stereocenters. The zero-order valence-electron chi connectivity index (χ0n) is 14.3. The van der Waals surface area contributed by atoms with Gasteiger partial charge in [-0.3, -0.25) is 4.90 Å². The van der Waals surface area contributed by atoms with Gasteiger partial charge in [0.2, 0.25) is 0 Å². The molecule has 23 heavy (non-hydrogen) atoms. The lowest BCUT2D eigenvalue weighted by Crippen LogP contribution is -2.54. The Balaban J connectivity index is 1.96. The minimum atomic E-state index is -0.469. The van der Waals surface area contributed by atoms with Gasteiger partial charge in [0.1, 0.15) is 5.60 Å². The van der Waals surface area contributed by atoms with Crippen LogP contribution in [0.4, 0.5) is 10.5 Å². The molecule has 2 N–H and O–H groups in total. The van der Waals surface area contributed by atoms with Gasteiger partial charge in [0.15, 0.2) is 0 Å². The molecule has 0 spiro atoms. The molecule has 1 atom stereocenters. The molecule has 1 aliphatic rings. The second kappa shape index (κ2) is 6.97. The zero-order chi connectivity index (χ0) is 17.2. The summed E-state index contributed by atoms with van der Waals surface area (Å²) >= 11 is 6.24. The summed E-state index contributed by atoms with van der Waals surface area (Å²) in [6.45, 7) is 10.6. The Morgan fingerprint density at radius 3 is 2.70 bits per heavy atom. The van der Waals surface area contributed by atoms with Crippen LogP contribution in [0.2, 0.25) is 5.02 Å². The van der Waals surface area contributed by atoms with Crippen LogP contribution in [0, 0.1) is 0 Å². The quantitative estimate of drug-likeness (QED) is 0.839. The van der Waals surface area contributed by atoms with Crippen LogP contribution < -0.4 is 5.73 Å². The lowest BCUT2D eigenvalue weighted by molar-refractivity contribution is 0.000567. The molecule has 2 rings (SSSR count). The zero-order valence-corrected chi connectivity index (χ0v) is 15.1. The fourth-order valence-electron chi connectivity index (χ4n) is 2.73. The van der Waals surface area contributed by atoms with Crippen LogP contribution in [-0.2, 0) is 11.3 Å². The molecule has 0 saturated carbocycles. The fraction of sp³-hybridized carbons (Fsp3) is 0.588. The van der Waals surface area contributed by atoms with E-state index in [0.29, 0.717) is 12.2 Å². The smallest absolute Gasteiger partial charge is 0.410 e. The van der Waals surface area contributed by atoms with Crippen LogP contribution in [0.1, 0.15) is 33.3 Å². The number of nitrogen functional groups attached to an aromatic ring is 1. The largest absolute Gasteiger partial charge is 0.444 e. The van der Waals surface area contributed by atoms with E-state index in [2.05, 4.69) is 4.90 Å². The second-order valence-electron chi connectivity index (χ2n) is 7.11. The van der Waals surface area contributed by atoms with E-state index in [0.717, 1.165) is 30.2 Å². The summed E-state index contributed by atoms with van der Waals surface area (Å²) in [7, 11) is 0. The van der Waals surface area contributed by atoms with E-state index in [1.165, 1.54) is 0 Å². The van der Waals surface area contributed by atoms with Gasteiger partial charge in [0.25, 0.3) is 0 Å². The summed E-state index contributed by atoms with van der Waals surface area (Å²) in [5.41, 5.74) is 7.10. The topological polar surface area (TPSA) is 58.8 Å². The monoisotopic (exact) mass is 339 g/mol. The first-order chi connectivity index (χ1) is 10.7. The molecule has 5 nitrogen and oxygen atoms in total. The summed E-state index contributed by atoms with van der Waals surface area (Å²) in [4.78, 5) is 16.3. The van der Waals surface area contributed by atoms with Crippen molar-refractivity contribution in [3.8, 4) is 0 Å². The highest BCUT2D eigenvalue weighted by Crippen LogP contribution is 2.22. The average molecular weight is 340 g/mol. The van der Waals surface area contributed by atoms with Crippen molar-refractivity contribution >= 4 is 23.4 Å². The predicted molar refractivity (Wildman–Crippen MR) is 93.5 cm³/mol. The van der Waals surface area contributed by atoms with Crippen LogP contribution in [0.15, 0.2) is 18.2 Å². The van der Waals surface area contributed by atoms with Crippen LogP contribution in [0.5, 0.6) is 0 Å². The fourth-order valence-corrected chi connectivity index (χ4v) is 2.90. The number of carbonyl (C=O) groups excluding carboxylic acids is 1. The highest BCUT2D eigenvalue weighted by molar-refractivity contribution is 6.31. The molecule has 1 heterocycles. The lowest BCUT2D eigenvalue weighted by Gasteiger charge is -2.40. The van der Waals surface area contributed by atoms with E-state index in [4.69, 9.17) is 22.1 Å². The van der Waals surface area contributed by atoms with E-state index < -0.39 is 5.60 Å². The molecular weight excluding hydrogens is 314 g/mol. The highest BCUT2D eigenvalue weighted by atomic mass is 35.5. The Morgan fingerprint density at radius 2 is 2.09 bits per heavy atom. The van der Waals surface area contributed by atoms with Gasteiger partial charge in [-0.05, 0) is 51.5 Å². The number of amides is 1. The van der Waals surface area contributed by atoms with Gasteiger partial charge in [-0.15, -0.1) is 0 Å². The standard InChI is InChI=1S/C17H26ClN3O2/c1-12-10-20(11-13-9-14(19)5-6-15(13)18)7-8-21(12)16(22)23-17(2,3)4/h5-6,9,12H,7-8,10-11,19H2,1-4H3/t12-/m1/s1. The van der Waals surface area contributed by atoms with Gasteiger partial charge in [0.05, 0.1) is 0 Å². The molecule has 6 heteroatoms. The van der Waals surface area contributed by atoms with Crippen molar-refractivity contribution < 1.29 is 9.53 Å². The molecule has 1 amide bonds. The van der Waals surface area contributed by atoms with Crippen LogP contribution >= 0.6 is 11.6 Å². The van der Waals surface area contributed by atoms with Crippen molar-refractivity contribution in [2.75, 3.05) is 25.4 Å². The van der Waals surface area contributed by atoms with Gasteiger partial charge in [-0.25, -0.2) is 4.79 Å². The molecule has 128 valence electrons. The molecular formula is C17H26ClN3O2. The summed E-state index contributed by atoms with van der Waals surface area (Å²) in [5.74, 6) is 0. The normalized spacial score (nSPS) is 19.7. The number of halogens is 1. The number of nitrogens with two attached hydrogens (primary N) is 1. The maximum Gasteiger partial charge on any atom is 0.410 e. The molecule has 1 aromatic carbocycles. The van der Waals surface area contributed by atoms with Crippen molar-refractivity contribution in [3.05, 3.63) is 28.8 Å². The Kier molecular flexibility index (Phi) is 5.42. The third kappa shape index (κ3) is 5.01. The van der Waals surface area contributed by atoms with E-state index in [-0.39, 0.29) is 12.1 Å². The van der Waals surface area contributed by atoms with E-state index >= 15 is 0 Å². The Bertz CT molecular complexity index is 571. The van der Waals surface area contributed by atoms with Crippen LogP contribution in [-0.4, -0.2) is 47.2 Å². The number of hydrogen-bond donors (Lipinski definition) is 1. The molecule has 1 aliphatic heterocycles. The van der Waals surface area contributed by atoms with E-state index in [1.54, 1.807) is 11.0 Å². The predicted octanol–water partition coefficient (Wildman–Crippen LogP) is 3.36. The summed E-state index contributed by atoms with van der Waals surface area (Å²) < 4.78 is 5.47. The van der Waals surface area contributed by atoms with E-state index in [1.807, 2.05) is 39.8 Å². The highest BCUT2D eigenvalue weighted by Gasteiger charge is 2.30. The van der Waals surface area contributed by atoms with Gasteiger partial charge in [0, 0.05) is 42.9 Å². The van der Waals surface area contributed by atoms with Gasteiger partial charge in [-0.1, -0.05) is 11.6 Å². The SMILES string of the molecule is C[C@@H]1CN(Cc2cc(N)ccc2Cl)CCN1C(=O)OC(C)(C)C. The van der Waals surface area contributed by atoms with Crippen molar-refractivity contribution in [1.29, 1.82) is 0 Å². The first-order valence-electron chi connectivity index (χ1n) is 7.91. The minimum Gasteiger partial charge on any atom is -0.444 e. The number of piperazine rings is 1. The maximum atomic E-state index is 12.2. The third-order valence-electron chi connectivity index (χ3n) is 3.80. The number of anilines is 1. The molecule has 1 saturated heterocycles. The number of ether oxygens (including phenoxy) is 1. The molecule has 1 aromatic rings. The first kappa shape index (κ1) is 17.9. The number of benzene rings is 1. The minimum absolute atomic E-state index is 0.0958. The average Bonchev–Trinajstić information content (AvgIpc) is 2.41. The summed E-state index contributed by atoms with van der Waals surface area (Å²) in [6, 6.07) is 5.63. The first-order valence-corrected chi connectivity index (χ1v) is 8.29. The number of carbonyl (C=O) groups is 1. The van der Waals surface area contributed by atoms with Crippen molar-refractivity contribution in [2.24, 2.45) is 0 Å². The third-order valence-corrected chi connectivity index (χ3v) is 4.17. The van der Waals surface area contributed by atoms with Crippen LogP contribution in [0.3, 0.4) is 0 Å². The summed E-state index contributed by atoms with van der Waals surface area (Å²) in [6.07, 6.45) is -0.244. The second-order valence-corrected chi connectivity index (χ2v) is 7.52. The number of rotatable bonds is 2. The van der Waals surface area contributed by atoms with Gasteiger partial charge >= 0.3 is 6.09 Å². The van der Waals surface area contributed by atoms with Gasteiger partial charge in [-0.2, -0.15) is 0 Å².